The molecule has 132 valence electrons. The Bertz CT molecular complexity index is 840. The van der Waals surface area contributed by atoms with Gasteiger partial charge in [-0.25, -0.2) is 4.39 Å². The fourth-order valence-electron chi connectivity index (χ4n) is 2.58. The molecule has 0 spiro atoms. The first-order valence-electron chi connectivity index (χ1n) is 8.20. The first-order valence-corrected chi connectivity index (χ1v) is 10.4. The summed E-state index contributed by atoms with van der Waals surface area (Å²) in [6, 6.07) is 6.94. The lowest BCUT2D eigenvalue weighted by Crippen LogP contribution is -2.00. The van der Waals surface area contributed by atoms with Crippen LogP contribution in [0.15, 0.2) is 34.8 Å². The molecule has 0 atom stereocenters. The third-order valence-corrected chi connectivity index (χ3v) is 6.19. The van der Waals surface area contributed by atoms with Crippen LogP contribution in [-0.4, -0.2) is 14.8 Å². The molecule has 0 aliphatic rings. The number of aryl methyl sites for hydroxylation is 1. The van der Waals surface area contributed by atoms with E-state index in [4.69, 9.17) is 11.6 Å². The van der Waals surface area contributed by atoms with Crippen molar-refractivity contribution in [2.45, 2.75) is 44.1 Å². The zero-order valence-electron chi connectivity index (χ0n) is 14.1. The third kappa shape index (κ3) is 4.07. The number of rotatable bonds is 7. The van der Waals surface area contributed by atoms with Crippen molar-refractivity contribution in [3.8, 4) is 11.4 Å². The van der Waals surface area contributed by atoms with E-state index in [0.717, 1.165) is 35.9 Å². The van der Waals surface area contributed by atoms with Crippen LogP contribution in [-0.2, 0) is 18.7 Å². The lowest BCUT2D eigenvalue weighted by atomic mass is 10.2. The summed E-state index contributed by atoms with van der Waals surface area (Å²) < 4.78 is 16.0. The fourth-order valence-corrected chi connectivity index (χ4v) is 4.89. The van der Waals surface area contributed by atoms with Gasteiger partial charge in [0.2, 0.25) is 0 Å². The van der Waals surface area contributed by atoms with Gasteiger partial charge in [-0.1, -0.05) is 42.8 Å². The Morgan fingerprint density at radius 1 is 1.28 bits per heavy atom. The molecular weight excluding hydrogens is 377 g/mol. The maximum Gasteiger partial charge on any atom is 0.191 e. The van der Waals surface area contributed by atoms with Crippen LogP contribution in [0.4, 0.5) is 4.39 Å². The highest BCUT2D eigenvalue weighted by Crippen LogP contribution is 2.31. The zero-order chi connectivity index (χ0) is 17.8. The highest BCUT2D eigenvalue weighted by Gasteiger charge is 2.16. The van der Waals surface area contributed by atoms with Crippen LogP contribution in [0.2, 0.25) is 5.02 Å². The highest BCUT2D eigenvalue weighted by atomic mass is 35.5. The molecule has 2 heterocycles. The van der Waals surface area contributed by atoms with Crippen LogP contribution < -0.4 is 0 Å². The predicted molar refractivity (Wildman–Crippen MR) is 104 cm³/mol. The van der Waals surface area contributed by atoms with Crippen molar-refractivity contribution < 1.29 is 4.39 Å². The fraction of sp³-hybridized carbons (Fsp3) is 0.333. The third-order valence-electron chi connectivity index (χ3n) is 3.85. The van der Waals surface area contributed by atoms with Gasteiger partial charge >= 0.3 is 0 Å². The maximum absolute atomic E-state index is 13.9. The van der Waals surface area contributed by atoms with E-state index in [1.54, 1.807) is 23.5 Å². The van der Waals surface area contributed by atoms with E-state index in [9.17, 15) is 4.39 Å². The minimum Gasteiger partial charge on any atom is -0.302 e. The molecule has 0 unspecified atom stereocenters. The van der Waals surface area contributed by atoms with Gasteiger partial charge in [-0.15, -0.1) is 21.5 Å². The van der Waals surface area contributed by atoms with Gasteiger partial charge in [-0.05, 0) is 31.5 Å². The Morgan fingerprint density at radius 2 is 2.12 bits per heavy atom. The van der Waals surface area contributed by atoms with Crippen LogP contribution >= 0.6 is 34.7 Å². The second-order valence-electron chi connectivity index (χ2n) is 5.59. The lowest BCUT2D eigenvalue weighted by Gasteiger charge is -2.08. The monoisotopic (exact) mass is 395 g/mol. The summed E-state index contributed by atoms with van der Waals surface area (Å²) in [6.45, 7) is 5.00. The number of hydrogen-bond donors (Lipinski definition) is 0. The van der Waals surface area contributed by atoms with E-state index < -0.39 is 0 Å². The van der Waals surface area contributed by atoms with Gasteiger partial charge in [0.25, 0.3) is 0 Å². The zero-order valence-corrected chi connectivity index (χ0v) is 16.5. The minimum atomic E-state index is -0.287. The molecule has 0 N–H and O–H groups in total. The van der Waals surface area contributed by atoms with Gasteiger partial charge in [-0.3, -0.25) is 0 Å². The van der Waals surface area contributed by atoms with Gasteiger partial charge in [0, 0.05) is 38.7 Å². The van der Waals surface area contributed by atoms with Crippen molar-refractivity contribution in [3.05, 3.63) is 50.9 Å². The molecule has 3 aromatic rings. The molecule has 1 aromatic carbocycles. The molecule has 25 heavy (non-hydrogen) atoms. The van der Waals surface area contributed by atoms with Gasteiger partial charge < -0.3 is 4.57 Å². The summed E-state index contributed by atoms with van der Waals surface area (Å²) in [6.07, 6.45) is 2.21. The van der Waals surface area contributed by atoms with Crippen molar-refractivity contribution in [1.82, 2.24) is 14.8 Å². The summed E-state index contributed by atoms with van der Waals surface area (Å²) in [7, 11) is 0. The molecular formula is C18H19ClFN3S2. The first kappa shape index (κ1) is 18.4. The summed E-state index contributed by atoms with van der Waals surface area (Å²) in [5, 5.41) is 12.0. The molecule has 0 radical (unpaired) electrons. The Labute approximate surface area is 160 Å². The molecule has 0 fully saturated rings. The lowest BCUT2D eigenvalue weighted by molar-refractivity contribution is 0.617. The van der Waals surface area contributed by atoms with Crippen molar-refractivity contribution in [2.24, 2.45) is 0 Å². The average molecular weight is 396 g/mol. The van der Waals surface area contributed by atoms with E-state index in [1.165, 1.54) is 22.7 Å². The normalized spacial score (nSPS) is 11.2. The quantitative estimate of drug-likeness (QED) is 0.455. The number of hydrogen-bond acceptors (Lipinski definition) is 4. The predicted octanol–water partition coefficient (Wildman–Crippen LogP) is 6.06. The molecule has 7 heteroatoms. The number of halogens is 2. The maximum atomic E-state index is 13.9. The van der Waals surface area contributed by atoms with E-state index in [0.29, 0.717) is 16.3 Å². The summed E-state index contributed by atoms with van der Waals surface area (Å²) in [5.74, 6) is 1.00. The van der Waals surface area contributed by atoms with E-state index in [2.05, 4.69) is 40.1 Å². The number of thiophene rings is 1. The molecule has 0 bridgehead atoms. The van der Waals surface area contributed by atoms with Crippen LogP contribution in [0.25, 0.3) is 11.4 Å². The topological polar surface area (TPSA) is 30.7 Å². The van der Waals surface area contributed by atoms with Crippen molar-refractivity contribution >= 4 is 34.7 Å². The van der Waals surface area contributed by atoms with E-state index in [1.807, 2.05) is 0 Å². The molecule has 0 amide bonds. The Balaban J connectivity index is 1.82. The van der Waals surface area contributed by atoms with Crippen LogP contribution in [0.1, 0.15) is 30.7 Å². The van der Waals surface area contributed by atoms with Gasteiger partial charge in [0.1, 0.15) is 5.82 Å². The smallest absolute Gasteiger partial charge is 0.191 e. The summed E-state index contributed by atoms with van der Waals surface area (Å²) in [5.41, 5.74) is 1.60. The molecule has 0 aliphatic heterocycles. The molecule has 2 aromatic heterocycles. The molecule has 0 saturated carbocycles. The largest absolute Gasteiger partial charge is 0.302 e. The molecule has 3 nitrogen and oxygen atoms in total. The summed E-state index contributed by atoms with van der Waals surface area (Å²) >= 11 is 9.32. The molecule has 0 aliphatic carbocycles. The van der Waals surface area contributed by atoms with Crippen molar-refractivity contribution in [2.75, 3.05) is 0 Å². The number of benzene rings is 1. The van der Waals surface area contributed by atoms with Crippen LogP contribution in [0.3, 0.4) is 0 Å². The highest BCUT2D eigenvalue weighted by molar-refractivity contribution is 7.98. The SMILES string of the molecule is CCCc1cc(-c2nnc(SCc3c(F)cccc3Cl)n2CC)cs1. The summed E-state index contributed by atoms with van der Waals surface area (Å²) in [4.78, 5) is 1.36. The molecule has 3 rings (SSSR count). The van der Waals surface area contributed by atoms with Gasteiger partial charge in [-0.2, -0.15) is 0 Å². The number of aromatic nitrogens is 3. The Kier molecular flexibility index (Phi) is 6.15. The minimum absolute atomic E-state index is 0.287. The first-order chi connectivity index (χ1) is 12.1. The number of thioether (sulfide) groups is 1. The van der Waals surface area contributed by atoms with Crippen LogP contribution in [0.5, 0.6) is 0 Å². The second-order valence-corrected chi connectivity index (χ2v) is 7.94. The van der Waals surface area contributed by atoms with Gasteiger partial charge in [0.05, 0.1) is 0 Å². The Morgan fingerprint density at radius 3 is 2.84 bits per heavy atom. The Hall–Kier alpha value is -1.37. The van der Waals surface area contributed by atoms with E-state index in [-0.39, 0.29) is 5.82 Å². The van der Waals surface area contributed by atoms with Gasteiger partial charge in [0.15, 0.2) is 11.0 Å². The number of nitrogens with zero attached hydrogens (tertiary/aromatic N) is 3. The van der Waals surface area contributed by atoms with Crippen molar-refractivity contribution in [1.29, 1.82) is 0 Å². The standard InChI is InChI=1S/C18H19ClFN3S2/c1-3-6-13-9-12(10-24-13)17-21-22-18(23(17)4-2)25-11-14-15(19)7-5-8-16(14)20/h5,7-10H,3-4,6,11H2,1-2H3. The second kappa shape index (κ2) is 8.34. The van der Waals surface area contributed by atoms with E-state index >= 15 is 0 Å². The molecule has 0 saturated heterocycles. The van der Waals surface area contributed by atoms with Crippen LogP contribution in [0, 0.1) is 5.82 Å². The van der Waals surface area contributed by atoms with Crippen molar-refractivity contribution in [3.63, 3.8) is 0 Å². The average Bonchev–Trinajstić information content (AvgIpc) is 3.21.